The van der Waals surface area contributed by atoms with E-state index in [0.29, 0.717) is 24.5 Å². The van der Waals surface area contributed by atoms with E-state index in [1.165, 1.54) is 19.2 Å². The minimum absolute atomic E-state index is 0.00453. The van der Waals surface area contributed by atoms with E-state index in [4.69, 9.17) is 4.74 Å². The Bertz CT molecular complexity index is 1070. The number of rotatable bonds is 3. The van der Waals surface area contributed by atoms with E-state index < -0.39 is 5.82 Å². The molecule has 0 bridgehead atoms. The third-order valence-electron chi connectivity index (χ3n) is 5.61. The number of nitrogens with one attached hydrogen (secondary N) is 1. The molecule has 30 heavy (non-hydrogen) atoms. The van der Waals surface area contributed by atoms with Crippen molar-refractivity contribution in [3.8, 4) is 5.75 Å². The number of nitrogens with zero attached hydrogens (tertiary/aromatic N) is 2. The molecule has 1 aromatic heterocycles. The molecule has 1 fully saturated rings. The number of hydrogen-bond donors (Lipinski definition) is 1. The molecule has 0 aliphatic carbocycles. The number of H-pyrrole nitrogens is 1. The molecule has 2 atom stereocenters. The standard InChI is InChI=1S/C23H24FN3O3/c1-14-12-26(23(29)21-10-16-6-4-5-7-20(16)25-21)13-15(2)27(14)22(28)18-9-8-17(30-3)11-19(18)24/h4-11,14-15,25H,12-13H2,1-3H3/t14-,15-/m1/s1. The van der Waals surface area contributed by atoms with E-state index in [-0.39, 0.29) is 29.5 Å². The lowest BCUT2D eigenvalue weighted by Gasteiger charge is -2.44. The summed E-state index contributed by atoms with van der Waals surface area (Å²) in [4.78, 5) is 32.7. The molecule has 2 heterocycles. The van der Waals surface area contributed by atoms with Crippen molar-refractivity contribution in [1.82, 2.24) is 14.8 Å². The predicted octanol–water partition coefficient (Wildman–Crippen LogP) is 3.69. The molecule has 1 aliphatic rings. The second-order valence-electron chi connectivity index (χ2n) is 7.74. The van der Waals surface area contributed by atoms with Gasteiger partial charge in [0.2, 0.25) is 0 Å². The van der Waals surface area contributed by atoms with Gasteiger partial charge in [-0.15, -0.1) is 0 Å². The van der Waals surface area contributed by atoms with Gasteiger partial charge in [0.05, 0.1) is 12.7 Å². The number of piperazine rings is 1. The first kappa shape index (κ1) is 19.9. The van der Waals surface area contributed by atoms with E-state index in [9.17, 15) is 14.0 Å². The Morgan fingerprint density at radius 3 is 2.37 bits per heavy atom. The van der Waals surface area contributed by atoms with Gasteiger partial charge in [0, 0.05) is 42.1 Å². The summed E-state index contributed by atoms with van der Waals surface area (Å²) in [6.45, 7) is 4.51. The molecule has 0 unspecified atom stereocenters. The van der Waals surface area contributed by atoms with Gasteiger partial charge in [-0.05, 0) is 38.1 Å². The number of halogens is 1. The molecular weight excluding hydrogens is 385 g/mol. The van der Waals surface area contributed by atoms with Gasteiger partial charge >= 0.3 is 0 Å². The van der Waals surface area contributed by atoms with Gasteiger partial charge < -0.3 is 19.5 Å². The average Bonchev–Trinajstić information content (AvgIpc) is 3.16. The minimum Gasteiger partial charge on any atom is -0.497 e. The van der Waals surface area contributed by atoms with Gasteiger partial charge in [-0.2, -0.15) is 0 Å². The maximum absolute atomic E-state index is 14.4. The number of methoxy groups -OCH3 is 1. The molecule has 0 spiro atoms. The molecule has 4 rings (SSSR count). The highest BCUT2D eigenvalue weighted by molar-refractivity contribution is 5.99. The van der Waals surface area contributed by atoms with Crippen molar-refractivity contribution >= 4 is 22.7 Å². The van der Waals surface area contributed by atoms with Crippen LogP contribution in [-0.4, -0.2) is 58.9 Å². The Labute approximate surface area is 174 Å². The van der Waals surface area contributed by atoms with Crippen LogP contribution in [-0.2, 0) is 0 Å². The highest BCUT2D eigenvalue weighted by Gasteiger charge is 2.36. The quantitative estimate of drug-likeness (QED) is 0.718. The number of amides is 2. The number of para-hydroxylation sites is 1. The molecule has 0 saturated carbocycles. The number of aromatic amines is 1. The molecule has 6 nitrogen and oxygen atoms in total. The highest BCUT2D eigenvalue weighted by atomic mass is 19.1. The lowest BCUT2D eigenvalue weighted by Crippen LogP contribution is -2.59. The Hall–Kier alpha value is -3.35. The van der Waals surface area contributed by atoms with Crippen LogP contribution in [0.15, 0.2) is 48.5 Å². The van der Waals surface area contributed by atoms with Crippen molar-refractivity contribution in [2.24, 2.45) is 0 Å². The SMILES string of the molecule is COc1ccc(C(=O)N2[C@H](C)CN(C(=O)c3cc4ccccc4[nH]3)C[C@H]2C)c(F)c1. The van der Waals surface area contributed by atoms with E-state index >= 15 is 0 Å². The molecule has 1 aliphatic heterocycles. The van der Waals surface area contributed by atoms with Crippen molar-refractivity contribution in [3.05, 3.63) is 65.6 Å². The number of carbonyl (C=O) groups is 2. The van der Waals surface area contributed by atoms with E-state index in [0.717, 1.165) is 10.9 Å². The van der Waals surface area contributed by atoms with Crippen molar-refractivity contribution in [2.45, 2.75) is 25.9 Å². The number of benzene rings is 2. The monoisotopic (exact) mass is 409 g/mol. The van der Waals surface area contributed by atoms with Crippen molar-refractivity contribution in [2.75, 3.05) is 20.2 Å². The molecular formula is C23H24FN3O3. The summed E-state index contributed by atoms with van der Waals surface area (Å²) in [5.74, 6) is -0.741. The van der Waals surface area contributed by atoms with Crippen LogP contribution < -0.4 is 4.74 Å². The molecule has 0 radical (unpaired) electrons. The van der Waals surface area contributed by atoms with Gasteiger partial charge in [0.15, 0.2) is 0 Å². The summed E-state index contributed by atoms with van der Waals surface area (Å²) in [7, 11) is 1.45. The van der Waals surface area contributed by atoms with Gasteiger partial charge in [0.1, 0.15) is 17.3 Å². The zero-order valence-electron chi connectivity index (χ0n) is 17.2. The van der Waals surface area contributed by atoms with Crippen molar-refractivity contribution in [1.29, 1.82) is 0 Å². The van der Waals surface area contributed by atoms with Crippen LogP contribution in [0.5, 0.6) is 5.75 Å². The molecule has 3 aromatic rings. The number of aromatic nitrogens is 1. The normalized spacial score (nSPS) is 19.2. The second-order valence-corrected chi connectivity index (χ2v) is 7.74. The minimum atomic E-state index is -0.615. The fraction of sp³-hybridized carbons (Fsp3) is 0.304. The Kier molecular flexibility index (Phi) is 5.20. The first-order valence-corrected chi connectivity index (χ1v) is 9.92. The summed E-state index contributed by atoms with van der Waals surface area (Å²) in [5.41, 5.74) is 1.44. The maximum Gasteiger partial charge on any atom is 0.270 e. The molecule has 1 saturated heterocycles. The zero-order valence-corrected chi connectivity index (χ0v) is 17.2. The molecule has 7 heteroatoms. The maximum atomic E-state index is 14.4. The van der Waals surface area contributed by atoms with E-state index in [1.54, 1.807) is 15.9 Å². The van der Waals surface area contributed by atoms with Crippen molar-refractivity contribution in [3.63, 3.8) is 0 Å². The van der Waals surface area contributed by atoms with Crippen LogP contribution in [0.4, 0.5) is 4.39 Å². The average molecular weight is 409 g/mol. The fourth-order valence-corrected chi connectivity index (χ4v) is 4.18. The molecule has 2 aromatic carbocycles. The van der Waals surface area contributed by atoms with Gasteiger partial charge in [-0.3, -0.25) is 9.59 Å². The molecule has 1 N–H and O–H groups in total. The number of carbonyl (C=O) groups excluding carboxylic acids is 2. The van der Waals surface area contributed by atoms with Gasteiger partial charge in [0.25, 0.3) is 11.8 Å². The topological polar surface area (TPSA) is 65.6 Å². The van der Waals surface area contributed by atoms with Crippen LogP contribution in [0, 0.1) is 5.82 Å². The summed E-state index contributed by atoms with van der Waals surface area (Å²) in [5, 5.41) is 0.978. The summed E-state index contributed by atoms with van der Waals surface area (Å²) in [6, 6.07) is 13.3. The van der Waals surface area contributed by atoms with Crippen LogP contribution in [0.1, 0.15) is 34.7 Å². The Morgan fingerprint density at radius 2 is 1.73 bits per heavy atom. The summed E-state index contributed by atoms with van der Waals surface area (Å²) >= 11 is 0. The van der Waals surface area contributed by atoms with Crippen LogP contribution in [0.25, 0.3) is 10.9 Å². The number of fused-ring (bicyclic) bond motifs is 1. The first-order chi connectivity index (χ1) is 14.4. The largest absolute Gasteiger partial charge is 0.497 e. The number of hydrogen-bond acceptors (Lipinski definition) is 3. The smallest absolute Gasteiger partial charge is 0.270 e. The lowest BCUT2D eigenvalue weighted by atomic mass is 10.0. The first-order valence-electron chi connectivity index (χ1n) is 9.92. The zero-order chi connectivity index (χ0) is 21.4. The lowest BCUT2D eigenvalue weighted by molar-refractivity contribution is 0.0249. The third kappa shape index (κ3) is 3.51. The second kappa shape index (κ2) is 7.82. The Morgan fingerprint density at radius 1 is 1.03 bits per heavy atom. The summed E-state index contributed by atoms with van der Waals surface area (Å²) < 4.78 is 19.4. The van der Waals surface area contributed by atoms with Crippen LogP contribution in [0.3, 0.4) is 0 Å². The Balaban J connectivity index is 1.52. The summed E-state index contributed by atoms with van der Waals surface area (Å²) in [6.07, 6.45) is 0. The van der Waals surface area contributed by atoms with Gasteiger partial charge in [-0.25, -0.2) is 4.39 Å². The van der Waals surface area contributed by atoms with E-state index in [2.05, 4.69) is 4.98 Å². The fourth-order valence-electron chi connectivity index (χ4n) is 4.18. The number of ether oxygens (including phenoxy) is 1. The van der Waals surface area contributed by atoms with Crippen LogP contribution in [0.2, 0.25) is 0 Å². The molecule has 2 amide bonds. The highest BCUT2D eigenvalue weighted by Crippen LogP contribution is 2.24. The van der Waals surface area contributed by atoms with Crippen LogP contribution >= 0.6 is 0 Å². The third-order valence-corrected chi connectivity index (χ3v) is 5.61. The molecule has 156 valence electrons. The predicted molar refractivity (Wildman–Crippen MR) is 112 cm³/mol. The van der Waals surface area contributed by atoms with Crippen molar-refractivity contribution < 1.29 is 18.7 Å². The van der Waals surface area contributed by atoms with E-state index in [1.807, 2.05) is 44.2 Å². The van der Waals surface area contributed by atoms with Gasteiger partial charge in [-0.1, -0.05) is 18.2 Å².